The van der Waals surface area contributed by atoms with E-state index >= 15 is 0 Å². The Kier molecular flexibility index (Phi) is 2.40. The maximum absolute atomic E-state index is 11.3. The molecule has 6 nitrogen and oxygen atoms in total. The molecule has 15 heavy (non-hydrogen) atoms. The zero-order valence-electron chi connectivity index (χ0n) is 8.10. The zero-order valence-corrected chi connectivity index (χ0v) is 8.10. The van der Waals surface area contributed by atoms with Crippen molar-refractivity contribution in [3.8, 4) is 0 Å². The van der Waals surface area contributed by atoms with Crippen LogP contribution in [0.5, 0.6) is 0 Å². The number of hydrogen-bond acceptors (Lipinski definition) is 4. The van der Waals surface area contributed by atoms with Crippen molar-refractivity contribution in [2.24, 2.45) is 0 Å². The Morgan fingerprint density at radius 1 is 1.40 bits per heavy atom. The van der Waals surface area contributed by atoms with Crippen LogP contribution in [0.15, 0.2) is 17.1 Å². The van der Waals surface area contributed by atoms with Gasteiger partial charge in [0.05, 0.1) is 4.92 Å². The van der Waals surface area contributed by atoms with Crippen molar-refractivity contribution in [1.82, 2.24) is 4.98 Å². The summed E-state index contributed by atoms with van der Waals surface area (Å²) in [5.74, 6) is 0. The molecule has 1 aromatic rings. The Morgan fingerprint density at radius 3 is 2.67 bits per heavy atom. The highest BCUT2D eigenvalue weighted by molar-refractivity contribution is 5.61. The molecule has 80 valence electrons. The van der Waals surface area contributed by atoms with Gasteiger partial charge in [-0.25, -0.2) is 0 Å². The van der Waals surface area contributed by atoms with Gasteiger partial charge in [-0.1, -0.05) is 0 Å². The van der Waals surface area contributed by atoms with Crippen molar-refractivity contribution in [1.29, 1.82) is 0 Å². The molecule has 0 atom stereocenters. The first-order valence-electron chi connectivity index (χ1n) is 4.81. The monoisotopic (exact) mass is 209 g/mol. The molecule has 1 N–H and O–H groups in total. The second kappa shape index (κ2) is 3.72. The third-order valence-corrected chi connectivity index (χ3v) is 2.54. The Balaban J connectivity index is 2.50. The number of anilines is 1. The second-order valence-electron chi connectivity index (χ2n) is 3.49. The molecule has 0 aliphatic carbocycles. The molecule has 1 saturated heterocycles. The van der Waals surface area contributed by atoms with Gasteiger partial charge >= 0.3 is 11.2 Å². The fourth-order valence-electron chi connectivity index (χ4n) is 1.85. The van der Waals surface area contributed by atoms with Gasteiger partial charge in [-0.3, -0.25) is 14.9 Å². The highest BCUT2D eigenvalue weighted by Crippen LogP contribution is 2.26. The van der Waals surface area contributed by atoms with Gasteiger partial charge in [0.1, 0.15) is 5.69 Å². The third kappa shape index (κ3) is 1.70. The van der Waals surface area contributed by atoms with Crippen LogP contribution in [0.3, 0.4) is 0 Å². The average Bonchev–Trinajstić information content (AvgIpc) is 2.69. The lowest BCUT2D eigenvalue weighted by molar-refractivity contribution is -0.385. The van der Waals surface area contributed by atoms with Gasteiger partial charge in [-0.15, -0.1) is 0 Å². The molecule has 0 radical (unpaired) electrons. The molecular formula is C9H11N3O3. The van der Waals surface area contributed by atoms with Crippen LogP contribution in [-0.4, -0.2) is 23.0 Å². The molecule has 0 saturated carbocycles. The smallest absolute Gasteiger partial charge is 0.356 e. The molecule has 1 aliphatic heterocycles. The number of aromatic amines is 1. The highest BCUT2D eigenvalue weighted by atomic mass is 16.6. The average molecular weight is 209 g/mol. The number of rotatable bonds is 2. The van der Waals surface area contributed by atoms with Gasteiger partial charge in [0.2, 0.25) is 0 Å². The highest BCUT2D eigenvalue weighted by Gasteiger charge is 2.24. The minimum absolute atomic E-state index is 0.348. The lowest BCUT2D eigenvalue weighted by atomic mass is 10.3. The summed E-state index contributed by atoms with van der Waals surface area (Å²) < 4.78 is 0. The fourth-order valence-corrected chi connectivity index (χ4v) is 1.85. The molecule has 0 unspecified atom stereocenters. The van der Waals surface area contributed by atoms with E-state index in [1.807, 2.05) is 4.90 Å². The molecule has 1 aromatic heterocycles. The largest absolute Gasteiger partial charge is 0.366 e. The first-order valence-corrected chi connectivity index (χ1v) is 4.81. The van der Waals surface area contributed by atoms with E-state index in [2.05, 4.69) is 4.98 Å². The molecule has 0 bridgehead atoms. The van der Waals surface area contributed by atoms with Crippen molar-refractivity contribution in [3.05, 3.63) is 32.7 Å². The van der Waals surface area contributed by atoms with Gasteiger partial charge in [0, 0.05) is 19.3 Å². The number of H-pyrrole nitrogens is 1. The number of nitro groups is 1. The van der Waals surface area contributed by atoms with Crippen molar-refractivity contribution < 1.29 is 4.92 Å². The van der Waals surface area contributed by atoms with E-state index in [1.54, 1.807) is 6.07 Å². The molecule has 0 amide bonds. The topological polar surface area (TPSA) is 79.2 Å². The lowest BCUT2D eigenvalue weighted by Crippen LogP contribution is -2.23. The number of nitrogens with zero attached hydrogens (tertiary/aromatic N) is 2. The van der Waals surface area contributed by atoms with Crippen LogP contribution in [0.25, 0.3) is 0 Å². The molecule has 2 rings (SSSR count). The Hall–Kier alpha value is -1.85. The zero-order chi connectivity index (χ0) is 10.8. The Labute approximate surface area is 85.7 Å². The quantitative estimate of drug-likeness (QED) is 0.579. The van der Waals surface area contributed by atoms with Gasteiger partial charge in [0.15, 0.2) is 0 Å². The molecule has 0 spiro atoms. The fraction of sp³-hybridized carbons (Fsp3) is 0.444. The maximum Gasteiger partial charge on any atom is 0.356 e. The molecular weight excluding hydrogens is 198 g/mol. The third-order valence-electron chi connectivity index (χ3n) is 2.54. The Morgan fingerprint density at radius 2 is 2.07 bits per heavy atom. The van der Waals surface area contributed by atoms with E-state index in [-0.39, 0.29) is 5.69 Å². The maximum atomic E-state index is 11.3. The normalized spacial score (nSPS) is 15.6. The first kappa shape index (κ1) is 9.70. The van der Waals surface area contributed by atoms with Crippen LogP contribution in [0, 0.1) is 10.1 Å². The van der Waals surface area contributed by atoms with Gasteiger partial charge in [-0.2, -0.15) is 0 Å². The van der Waals surface area contributed by atoms with Gasteiger partial charge in [0.25, 0.3) is 0 Å². The van der Waals surface area contributed by atoms with E-state index in [0.29, 0.717) is 5.69 Å². The first-order chi connectivity index (χ1) is 7.20. The van der Waals surface area contributed by atoms with Crippen LogP contribution in [0.1, 0.15) is 12.8 Å². The van der Waals surface area contributed by atoms with E-state index in [9.17, 15) is 14.9 Å². The number of aromatic nitrogens is 1. The van der Waals surface area contributed by atoms with Crippen LogP contribution in [-0.2, 0) is 0 Å². The van der Waals surface area contributed by atoms with E-state index in [4.69, 9.17) is 0 Å². The van der Waals surface area contributed by atoms with Gasteiger partial charge < -0.3 is 9.88 Å². The SMILES string of the molecule is O=c1[nH]ccc(N2CCCC2)c1[N+](=O)[O-]. The summed E-state index contributed by atoms with van der Waals surface area (Å²) >= 11 is 0. The molecule has 1 fully saturated rings. The Bertz CT molecular complexity index is 434. The summed E-state index contributed by atoms with van der Waals surface area (Å²) in [7, 11) is 0. The van der Waals surface area contributed by atoms with Crippen LogP contribution < -0.4 is 10.5 Å². The summed E-state index contributed by atoms with van der Waals surface area (Å²) in [6.45, 7) is 1.56. The standard InChI is InChI=1S/C9H11N3O3/c13-9-8(12(14)15)7(3-4-10-9)11-5-1-2-6-11/h3-4H,1-2,5-6H2,(H,10,13). The number of hydrogen-bond donors (Lipinski definition) is 1. The lowest BCUT2D eigenvalue weighted by Gasteiger charge is -2.16. The van der Waals surface area contributed by atoms with Crippen molar-refractivity contribution in [2.45, 2.75) is 12.8 Å². The predicted molar refractivity (Wildman–Crippen MR) is 55.2 cm³/mol. The summed E-state index contributed by atoms with van der Waals surface area (Å²) in [6.07, 6.45) is 3.48. The summed E-state index contributed by atoms with van der Waals surface area (Å²) in [4.78, 5) is 25.7. The van der Waals surface area contributed by atoms with Crippen molar-refractivity contribution in [2.75, 3.05) is 18.0 Å². The molecule has 1 aliphatic rings. The molecule has 0 aromatic carbocycles. The van der Waals surface area contributed by atoms with E-state index in [1.165, 1.54) is 6.20 Å². The van der Waals surface area contributed by atoms with E-state index < -0.39 is 10.5 Å². The summed E-state index contributed by atoms with van der Waals surface area (Å²) in [5.41, 5.74) is -0.551. The minimum atomic E-state index is -0.635. The predicted octanol–water partition coefficient (Wildman–Crippen LogP) is 0.883. The summed E-state index contributed by atoms with van der Waals surface area (Å²) in [6, 6.07) is 1.59. The van der Waals surface area contributed by atoms with E-state index in [0.717, 1.165) is 25.9 Å². The second-order valence-corrected chi connectivity index (χ2v) is 3.49. The van der Waals surface area contributed by atoms with Crippen LogP contribution in [0.4, 0.5) is 11.4 Å². The summed E-state index contributed by atoms with van der Waals surface area (Å²) in [5, 5.41) is 10.8. The van der Waals surface area contributed by atoms with Crippen molar-refractivity contribution in [3.63, 3.8) is 0 Å². The number of nitrogens with one attached hydrogen (secondary N) is 1. The van der Waals surface area contributed by atoms with Crippen molar-refractivity contribution >= 4 is 11.4 Å². The van der Waals surface area contributed by atoms with Crippen LogP contribution in [0.2, 0.25) is 0 Å². The molecule has 2 heterocycles. The molecule has 6 heteroatoms. The number of pyridine rings is 1. The minimum Gasteiger partial charge on any atom is -0.366 e. The van der Waals surface area contributed by atoms with Gasteiger partial charge in [-0.05, 0) is 18.9 Å². The van der Waals surface area contributed by atoms with Crippen LogP contribution >= 0.6 is 0 Å².